The molecule has 0 unspecified atom stereocenters. The van der Waals surface area contributed by atoms with Crippen LogP contribution in [0.5, 0.6) is 5.75 Å². The number of rotatable bonds is 7. The van der Waals surface area contributed by atoms with E-state index in [0.29, 0.717) is 5.75 Å². The maximum atomic E-state index is 12.7. The molecule has 2 aromatic rings. The fraction of sp³-hybridized carbons (Fsp3) is 0.211. The van der Waals surface area contributed by atoms with Crippen LogP contribution >= 0.6 is 0 Å². The van der Waals surface area contributed by atoms with Gasteiger partial charge in [0.25, 0.3) is 5.91 Å². The Bertz CT molecular complexity index is 852. The monoisotopic (exact) mass is 393 g/mol. The number of carbonyl (C=O) groups is 2. The lowest BCUT2D eigenvalue weighted by atomic mass is 10.2. The highest BCUT2D eigenvalue weighted by Gasteiger charge is 2.30. The van der Waals surface area contributed by atoms with Crippen LogP contribution in [0.4, 0.5) is 18.9 Å². The van der Waals surface area contributed by atoms with Crippen LogP contribution < -0.4 is 15.5 Å². The van der Waals surface area contributed by atoms with Crippen LogP contribution in [-0.4, -0.2) is 24.1 Å². The molecule has 2 aromatic carbocycles. The molecule has 28 heavy (non-hydrogen) atoms. The molecule has 2 rings (SSSR count). The summed E-state index contributed by atoms with van der Waals surface area (Å²) in [6.45, 7) is 1.25. The summed E-state index contributed by atoms with van der Waals surface area (Å²) >= 11 is 0. The first-order chi connectivity index (χ1) is 13.2. The molecule has 2 N–H and O–H groups in total. The fourth-order valence-corrected chi connectivity index (χ4v) is 2.11. The highest BCUT2D eigenvalue weighted by Crippen LogP contribution is 2.30. The second-order valence-corrected chi connectivity index (χ2v) is 5.79. The summed E-state index contributed by atoms with van der Waals surface area (Å²) in [5, 5.41) is 6.13. The third-order valence-electron chi connectivity index (χ3n) is 3.37. The van der Waals surface area contributed by atoms with E-state index in [9.17, 15) is 22.8 Å². The SMILES string of the molecule is C/C(CC(=O)Nc1cccc(C(F)(F)F)c1)=N/NC(=O)COc1ccccc1. The summed E-state index contributed by atoms with van der Waals surface area (Å²) in [4.78, 5) is 23.6. The Morgan fingerprint density at radius 1 is 1.04 bits per heavy atom. The molecule has 0 radical (unpaired) electrons. The van der Waals surface area contributed by atoms with Crippen molar-refractivity contribution in [3.05, 3.63) is 60.2 Å². The Labute approximate surface area is 159 Å². The number of ether oxygens (including phenoxy) is 1. The highest BCUT2D eigenvalue weighted by molar-refractivity contribution is 6.05. The minimum absolute atomic E-state index is 0.0212. The average molecular weight is 393 g/mol. The van der Waals surface area contributed by atoms with Gasteiger partial charge in [0, 0.05) is 11.4 Å². The summed E-state index contributed by atoms with van der Waals surface area (Å²) in [6, 6.07) is 13.0. The third-order valence-corrected chi connectivity index (χ3v) is 3.37. The molecule has 0 saturated heterocycles. The van der Waals surface area contributed by atoms with Gasteiger partial charge in [0.15, 0.2) is 6.61 Å². The Morgan fingerprint density at radius 3 is 2.43 bits per heavy atom. The summed E-state index contributed by atoms with van der Waals surface area (Å²) in [6.07, 6.45) is -4.69. The first kappa shape index (κ1) is 20.9. The normalized spacial score (nSPS) is 11.6. The van der Waals surface area contributed by atoms with Crippen LogP contribution in [0.1, 0.15) is 18.9 Å². The molecule has 0 fully saturated rings. The molecule has 0 bridgehead atoms. The molecule has 0 aromatic heterocycles. The van der Waals surface area contributed by atoms with E-state index in [1.807, 2.05) is 6.07 Å². The number of carbonyl (C=O) groups excluding carboxylic acids is 2. The Kier molecular flexibility index (Phi) is 7.14. The standard InChI is InChI=1S/C19H18F3N3O3/c1-13(24-25-18(27)12-28-16-8-3-2-4-9-16)10-17(26)23-15-7-5-6-14(11-15)19(20,21)22/h2-9,11H,10,12H2,1H3,(H,23,26)(H,25,27)/b24-13-. The number of anilines is 1. The zero-order chi connectivity index (χ0) is 20.6. The van der Waals surface area contributed by atoms with Gasteiger partial charge in [-0.2, -0.15) is 18.3 Å². The zero-order valence-electron chi connectivity index (χ0n) is 14.9. The molecule has 0 spiro atoms. The van der Waals surface area contributed by atoms with Gasteiger partial charge in [-0.25, -0.2) is 5.43 Å². The molecule has 0 saturated carbocycles. The first-order valence-corrected chi connectivity index (χ1v) is 8.21. The van der Waals surface area contributed by atoms with E-state index < -0.39 is 23.6 Å². The number of hydrazone groups is 1. The number of para-hydroxylation sites is 1. The summed E-state index contributed by atoms with van der Waals surface area (Å²) in [5.74, 6) is -0.546. The molecule has 0 aliphatic heterocycles. The van der Waals surface area contributed by atoms with E-state index in [2.05, 4.69) is 15.8 Å². The molecular formula is C19H18F3N3O3. The fourth-order valence-electron chi connectivity index (χ4n) is 2.11. The predicted molar refractivity (Wildman–Crippen MR) is 97.9 cm³/mol. The van der Waals surface area contributed by atoms with E-state index in [0.717, 1.165) is 12.1 Å². The van der Waals surface area contributed by atoms with Crippen LogP contribution in [0.2, 0.25) is 0 Å². The smallest absolute Gasteiger partial charge is 0.416 e. The lowest BCUT2D eigenvalue weighted by Gasteiger charge is -2.10. The lowest BCUT2D eigenvalue weighted by Crippen LogP contribution is -2.26. The van der Waals surface area contributed by atoms with E-state index in [1.54, 1.807) is 24.3 Å². The van der Waals surface area contributed by atoms with Gasteiger partial charge in [0.05, 0.1) is 12.0 Å². The van der Waals surface area contributed by atoms with E-state index >= 15 is 0 Å². The van der Waals surface area contributed by atoms with Gasteiger partial charge >= 0.3 is 6.18 Å². The van der Waals surface area contributed by atoms with Crippen LogP contribution in [0.3, 0.4) is 0 Å². The average Bonchev–Trinajstić information content (AvgIpc) is 2.65. The number of hydrogen-bond acceptors (Lipinski definition) is 4. The molecule has 148 valence electrons. The van der Waals surface area contributed by atoms with Crippen molar-refractivity contribution in [1.29, 1.82) is 0 Å². The van der Waals surface area contributed by atoms with Crippen molar-refractivity contribution in [2.75, 3.05) is 11.9 Å². The number of alkyl halides is 3. The summed E-state index contributed by atoms with van der Waals surface area (Å²) < 4.78 is 43.3. The first-order valence-electron chi connectivity index (χ1n) is 8.21. The van der Waals surface area contributed by atoms with E-state index in [1.165, 1.54) is 19.1 Å². The Hall–Kier alpha value is -3.36. The van der Waals surface area contributed by atoms with Crippen molar-refractivity contribution >= 4 is 23.2 Å². The molecule has 6 nitrogen and oxygen atoms in total. The van der Waals surface area contributed by atoms with Gasteiger partial charge in [-0.1, -0.05) is 24.3 Å². The number of halogens is 3. The highest BCUT2D eigenvalue weighted by atomic mass is 19.4. The van der Waals surface area contributed by atoms with Crippen LogP contribution in [0.15, 0.2) is 59.7 Å². The van der Waals surface area contributed by atoms with Crippen molar-refractivity contribution < 1.29 is 27.5 Å². The number of nitrogens with one attached hydrogen (secondary N) is 2. The second-order valence-electron chi connectivity index (χ2n) is 5.79. The number of benzene rings is 2. The molecule has 0 aliphatic rings. The Morgan fingerprint density at radius 2 is 1.75 bits per heavy atom. The zero-order valence-corrected chi connectivity index (χ0v) is 14.9. The van der Waals surface area contributed by atoms with Crippen molar-refractivity contribution in [3.8, 4) is 5.75 Å². The minimum Gasteiger partial charge on any atom is -0.484 e. The molecule has 9 heteroatoms. The molecule has 0 atom stereocenters. The van der Waals surface area contributed by atoms with Crippen molar-refractivity contribution in [3.63, 3.8) is 0 Å². The van der Waals surface area contributed by atoms with Gasteiger partial charge < -0.3 is 10.1 Å². The van der Waals surface area contributed by atoms with E-state index in [4.69, 9.17) is 4.74 Å². The quantitative estimate of drug-likeness (QED) is 0.557. The maximum absolute atomic E-state index is 12.7. The predicted octanol–water partition coefficient (Wildman–Crippen LogP) is 3.61. The summed E-state index contributed by atoms with van der Waals surface area (Å²) in [5.41, 5.74) is 1.68. The van der Waals surface area contributed by atoms with Crippen molar-refractivity contribution in [2.24, 2.45) is 5.10 Å². The van der Waals surface area contributed by atoms with Gasteiger partial charge in [0.2, 0.25) is 5.91 Å². The number of amides is 2. The molecule has 0 aliphatic carbocycles. The molecular weight excluding hydrogens is 375 g/mol. The Balaban J connectivity index is 1.80. The van der Waals surface area contributed by atoms with E-state index in [-0.39, 0.29) is 24.4 Å². The second kappa shape index (κ2) is 9.54. The topological polar surface area (TPSA) is 79.8 Å². The van der Waals surface area contributed by atoms with Crippen LogP contribution in [0, 0.1) is 0 Å². The molecule has 2 amide bonds. The lowest BCUT2D eigenvalue weighted by molar-refractivity contribution is -0.137. The third kappa shape index (κ3) is 7.10. The summed E-state index contributed by atoms with van der Waals surface area (Å²) in [7, 11) is 0. The van der Waals surface area contributed by atoms with Gasteiger partial charge in [-0.3, -0.25) is 9.59 Å². The number of hydrogen-bond donors (Lipinski definition) is 2. The van der Waals surface area contributed by atoms with Crippen molar-refractivity contribution in [1.82, 2.24) is 5.43 Å². The number of nitrogens with zero attached hydrogens (tertiary/aromatic N) is 1. The van der Waals surface area contributed by atoms with Gasteiger partial charge in [0.1, 0.15) is 5.75 Å². The minimum atomic E-state index is -4.50. The van der Waals surface area contributed by atoms with Gasteiger partial charge in [-0.15, -0.1) is 0 Å². The molecule has 0 heterocycles. The van der Waals surface area contributed by atoms with Gasteiger partial charge in [-0.05, 0) is 37.3 Å². The van der Waals surface area contributed by atoms with Crippen LogP contribution in [0.25, 0.3) is 0 Å². The largest absolute Gasteiger partial charge is 0.484 e. The van der Waals surface area contributed by atoms with Crippen LogP contribution in [-0.2, 0) is 15.8 Å². The van der Waals surface area contributed by atoms with Crippen molar-refractivity contribution in [2.45, 2.75) is 19.5 Å². The maximum Gasteiger partial charge on any atom is 0.416 e.